The molecule has 0 saturated carbocycles. The first-order valence-corrected chi connectivity index (χ1v) is 6.57. The Kier molecular flexibility index (Phi) is 4.73. The summed E-state index contributed by atoms with van der Waals surface area (Å²) in [6.45, 7) is 12.7. The lowest BCUT2D eigenvalue weighted by Crippen LogP contribution is -2.57. The normalized spacial score (nSPS) is 17.9. The SMILES string of the molecule is CC(C)N1CCN(CCNC(C)(C)C)C(=O)C1=O. The van der Waals surface area contributed by atoms with E-state index in [1.54, 1.807) is 9.80 Å². The molecule has 0 aliphatic carbocycles. The number of piperazine rings is 1. The molecule has 0 aromatic carbocycles. The van der Waals surface area contributed by atoms with E-state index >= 15 is 0 Å². The molecule has 104 valence electrons. The van der Waals surface area contributed by atoms with Crippen molar-refractivity contribution >= 4 is 11.8 Å². The lowest BCUT2D eigenvalue weighted by Gasteiger charge is -2.36. The highest BCUT2D eigenvalue weighted by Gasteiger charge is 2.33. The van der Waals surface area contributed by atoms with Crippen molar-refractivity contribution in [2.75, 3.05) is 26.2 Å². The molecule has 0 aromatic heterocycles. The third-order valence-corrected chi connectivity index (χ3v) is 3.00. The van der Waals surface area contributed by atoms with E-state index in [1.807, 2.05) is 13.8 Å². The van der Waals surface area contributed by atoms with Gasteiger partial charge in [0.25, 0.3) is 0 Å². The van der Waals surface area contributed by atoms with E-state index < -0.39 is 0 Å². The summed E-state index contributed by atoms with van der Waals surface area (Å²) in [6.07, 6.45) is 0. The summed E-state index contributed by atoms with van der Waals surface area (Å²) in [5.41, 5.74) is 0.0345. The highest BCUT2D eigenvalue weighted by molar-refractivity contribution is 6.35. The van der Waals surface area contributed by atoms with Crippen molar-refractivity contribution in [3.8, 4) is 0 Å². The minimum Gasteiger partial charge on any atom is -0.331 e. The second kappa shape index (κ2) is 5.69. The van der Waals surface area contributed by atoms with Crippen LogP contribution in [0.4, 0.5) is 0 Å². The molecule has 18 heavy (non-hydrogen) atoms. The van der Waals surface area contributed by atoms with Gasteiger partial charge >= 0.3 is 11.8 Å². The number of amides is 2. The summed E-state index contributed by atoms with van der Waals surface area (Å²) < 4.78 is 0. The van der Waals surface area contributed by atoms with Gasteiger partial charge in [-0.1, -0.05) is 0 Å². The molecular formula is C13H25N3O2. The van der Waals surface area contributed by atoms with Crippen molar-refractivity contribution in [3.63, 3.8) is 0 Å². The van der Waals surface area contributed by atoms with Crippen LogP contribution >= 0.6 is 0 Å². The van der Waals surface area contributed by atoms with Gasteiger partial charge in [0.15, 0.2) is 0 Å². The number of carbonyl (C=O) groups excluding carboxylic acids is 2. The molecule has 1 aliphatic heterocycles. The lowest BCUT2D eigenvalue weighted by molar-refractivity contribution is -0.157. The molecule has 0 bridgehead atoms. The third-order valence-electron chi connectivity index (χ3n) is 3.00. The largest absolute Gasteiger partial charge is 0.331 e. The summed E-state index contributed by atoms with van der Waals surface area (Å²) in [6, 6.07) is 0.0938. The second-order valence-electron chi connectivity index (χ2n) is 6.06. The molecule has 5 nitrogen and oxygen atoms in total. The van der Waals surface area contributed by atoms with Gasteiger partial charge in [-0.3, -0.25) is 9.59 Å². The minimum atomic E-state index is -0.370. The molecule has 0 spiro atoms. The van der Waals surface area contributed by atoms with Crippen molar-refractivity contribution in [1.82, 2.24) is 15.1 Å². The van der Waals surface area contributed by atoms with Crippen LogP contribution in [0.1, 0.15) is 34.6 Å². The predicted octanol–water partition coefficient (Wildman–Crippen LogP) is 0.454. The van der Waals surface area contributed by atoms with Gasteiger partial charge in [-0.25, -0.2) is 0 Å². The monoisotopic (exact) mass is 255 g/mol. The number of carbonyl (C=O) groups is 2. The van der Waals surface area contributed by atoms with Crippen molar-refractivity contribution in [2.45, 2.75) is 46.2 Å². The average molecular weight is 255 g/mol. The van der Waals surface area contributed by atoms with Gasteiger partial charge in [-0.15, -0.1) is 0 Å². The lowest BCUT2D eigenvalue weighted by atomic mass is 10.1. The van der Waals surface area contributed by atoms with E-state index in [4.69, 9.17) is 0 Å². The van der Waals surface area contributed by atoms with Gasteiger partial charge in [-0.2, -0.15) is 0 Å². The second-order valence-corrected chi connectivity index (χ2v) is 6.06. The van der Waals surface area contributed by atoms with Gasteiger partial charge in [0.05, 0.1) is 0 Å². The molecule has 1 aliphatic rings. The zero-order valence-corrected chi connectivity index (χ0v) is 12.1. The number of rotatable bonds is 4. The van der Waals surface area contributed by atoms with Gasteiger partial charge in [0, 0.05) is 37.8 Å². The standard InChI is InChI=1S/C13H25N3O2/c1-10(2)16-9-8-15(11(17)12(16)18)7-6-14-13(3,4)5/h10,14H,6-9H2,1-5H3. The van der Waals surface area contributed by atoms with Gasteiger partial charge in [0.1, 0.15) is 0 Å². The molecule has 0 aromatic rings. The van der Waals surface area contributed by atoms with Gasteiger partial charge < -0.3 is 15.1 Å². The van der Waals surface area contributed by atoms with Crippen molar-refractivity contribution in [3.05, 3.63) is 0 Å². The van der Waals surface area contributed by atoms with Crippen LogP contribution in [0.15, 0.2) is 0 Å². The summed E-state index contributed by atoms with van der Waals surface area (Å²) in [5, 5.41) is 3.32. The molecule has 1 fully saturated rings. The Balaban J connectivity index is 2.47. The molecule has 1 saturated heterocycles. The Morgan fingerprint density at radius 1 is 1.17 bits per heavy atom. The van der Waals surface area contributed by atoms with Crippen molar-refractivity contribution in [1.29, 1.82) is 0 Å². The van der Waals surface area contributed by atoms with Crippen LogP contribution in [0, 0.1) is 0 Å². The van der Waals surface area contributed by atoms with Crippen molar-refractivity contribution in [2.24, 2.45) is 0 Å². The Hall–Kier alpha value is -1.10. The number of hydrogen-bond acceptors (Lipinski definition) is 3. The first kappa shape index (κ1) is 15.0. The Labute approximate surface area is 110 Å². The fourth-order valence-corrected chi connectivity index (χ4v) is 1.96. The molecule has 5 heteroatoms. The van der Waals surface area contributed by atoms with Crippen LogP contribution in [-0.2, 0) is 9.59 Å². The van der Waals surface area contributed by atoms with Crippen LogP contribution in [-0.4, -0.2) is 59.4 Å². The van der Waals surface area contributed by atoms with E-state index in [2.05, 4.69) is 26.1 Å². The first-order valence-electron chi connectivity index (χ1n) is 6.57. The highest BCUT2D eigenvalue weighted by Crippen LogP contribution is 2.08. The molecule has 0 unspecified atom stereocenters. The topological polar surface area (TPSA) is 52.6 Å². The zero-order valence-electron chi connectivity index (χ0n) is 12.1. The molecular weight excluding hydrogens is 230 g/mol. The molecule has 1 N–H and O–H groups in total. The van der Waals surface area contributed by atoms with Gasteiger partial charge in [0.2, 0.25) is 0 Å². The number of hydrogen-bond donors (Lipinski definition) is 1. The minimum absolute atomic E-state index is 0.0345. The van der Waals surface area contributed by atoms with Crippen LogP contribution in [0.5, 0.6) is 0 Å². The van der Waals surface area contributed by atoms with Crippen LogP contribution in [0.2, 0.25) is 0 Å². The molecule has 0 radical (unpaired) electrons. The fourth-order valence-electron chi connectivity index (χ4n) is 1.96. The van der Waals surface area contributed by atoms with Crippen LogP contribution in [0.3, 0.4) is 0 Å². The van der Waals surface area contributed by atoms with E-state index in [9.17, 15) is 9.59 Å². The van der Waals surface area contributed by atoms with E-state index in [0.29, 0.717) is 26.2 Å². The first-order chi connectivity index (χ1) is 8.22. The van der Waals surface area contributed by atoms with Crippen LogP contribution < -0.4 is 5.32 Å². The summed E-state index contributed by atoms with van der Waals surface area (Å²) in [7, 11) is 0. The third kappa shape index (κ3) is 3.98. The molecule has 1 rings (SSSR count). The Morgan fingerprint density at radius 2 is 1.78 bits per heavy atom. The number of nitrogens with one attached hydrogen (secondary N) is 1. The van der Waals surface area contributed by atoms with Crippen molar-refractivity contribution < 1.29 is 9.59 Å². The predicted molar refractivity (Wildman–Crippen MR) is 71.2 cm³/mol. The highest BCUT2D eigenvalue weighted by atomic mass is 16.2. The van der Waals surface area contributed by atoms with E-state index in [-0.39, 0.29) is 23.4 Å². The maximum atomic E-state index is 11.9. The fraction of sp³-hybridized carbons (Fsp3) is 0.846. The smallest absolute Gasteiger partial charge is 0.312 e. The Bertz CT molecular complexity index is 321. The maximum Gasteiger partial charge on any atom is 0.312 e. The average Bonchev–Trinajstić information content (AvgIpc) is 2.22. The Morgan fingerprint density at radius 3 is 2.28 bits per heavy atom. The van der Waals surface area contributed by atoms with E-state index in [1.165, 1.54) is 0 Å². The summed E-state index contributed by atoms with van der Waals surface area (Å²) in [4.78, 5) is 27.0. The number of nitrogens with zero attached hydrogens (tertiary/aromatic N) is 2. The summed E-state index contributed by atoms with van der Waals surface area (Å²) >= 11 is 0. The molecule has 0 atom stereocenters. The molecule has 2 amide bonds. The zero-order chi connectivity index (χ0) is 13.9. The molecule has 1 heterocycles. The maximum absolute atomic E-state index is 11.9. The van der Waals surface area contributed by atoms with Crippen LogP contribution in [0.25, 0.3) is 0 Å². The van der Waals surface area contributed by atoms with Gasteiger partial charge in [-0.05, 0) is 34.6 Å². The quantitative estimate of drug-likeness (QED) is 0.742. The van der Waals surface area contributed by atoms with E-state index in [0.717, 1.165) is 0 Å². The summed E-state index contributed by atoms with van der Waals surface area (Å²) in [5.74, 6) is -0.738.